The highest BCUT2D eigenvalue weighted by Gasteiger charge is 2.14. The van der Waals surface area contributed by atoms with Gasteiger partial charge in [0.25, 0.3) is 0 Å². The van der Waals surface area contributed by atoms with Gasteiger partial charge in [0.2, 0.25) is 5.91 Å². The molecule has 29 heavy (non-hydrogen) atoms. The fourth-order valence-electron chi connectivity index (χ4n) is 3.07. The lowest BCUT2D eigenvalue weighted by Crippen LogP contribution is -2.28. The summed E-state index contributed by atoms with van der Waals surface area (Å²) in [4.78, 5) is 17.1. The first-order chi connectivity index (χ1) is 14.0. The topological polar surface area (TPSA) is 60.5 Å². The number of rotatable bonds is 8. The Morgan fingerprint density at radius 2 is 1.83 bits per heavy atom. The minimum Gasteiger partial charge on any atom is -0.493 e. The van der Waals surface area contributed by atoms with Gasteiger partial charge in [-0.2, -0.15) is 0 Å². The average Bonchev–Trinajstić information content (AvgIpc) is 3.21. The van der Waals surface area contributed by atoms with Crippen molar-refractivity contribution in [3.8, 4) is 22.1 Å². The number of hydrogen-bond acceptors (Lipinski definition) is 5. The molecule has 3 rings (SSSR count). The Bertz CT molecular complexity index is 967. The molecule has 1 aromatic heterocycles. The van der Waals surface area contributed by atoms with Crippen molar-refractivity contribution in [1.29, 1.82) is 0 Å². The Labute approximate surface area is 175 Å². The number of carbonyl (C=O) groups excluding carboxylic acids is 1. The standard InChI is InChI=1S/C23H26N2O3S/c1-5-16-6-8-17(9-7-16)15(2)24-22(26)13-19-14-29-23(25-19)18-10-11-20(27-3)21(12-18)28-4/h6-12,14-15H,5,13H2,1-4H3,(H,24,26). The lowest BCUT2D eigenvalue weighted by Gasteiger charge is -2.14. The number of hydrogen-bond donors (Lipinski definition) is 1. The van der Waals surface area contributed by atoms with E-state index in [2.05, 4.69) is 41.5 Å². The summed E-state index contributed by atoms with van der Waals surface area (Å²) >= 11 is 1.51. The van der Waals surface area contributed by atoms with E-state index >= 15 is 0 Å². The second-order valence-corrected chi connectivity index (χ2v) is 7.63. The first kappa shape index (κ1) is 20.9. The van der Waals surface area contributed by atoms with Crippen molar-refractivity contribution < 1.29 is 14.3 Å². The van der Waals surface area contributed by atoms with E-state index in [9.17, 15) is 4.79 Å². The van der Waals surface area contributed by atoms with E-state index in [0.29, 0.717) is 11.5 Å². The molecule has 0 bridgehead atoms. The van der Waals surface area contributed by atoms with Gasteiger partial charge in [-0.15, -0.1) is 11.3 Å². The van der Waals surface area contributed by atoms with Crippen molar-refractivity contribution in [2.75, 3.05) is 14.2 Å². The Balaban J connectivity index is 1.64. The molecule has 0 aliphatic heterocycles. The van der Waals surface area contributed by atoms with E-state index in [1.165, 1.54) is 16.9 Å². The zero-order chi connectivity index (χ0) is 20.8. The van der Waals surface area contributed by atoms with Gasteiger partial charge in [0, 0.05) is 10.9 Å². The molecule has 152 valence electrons. The first-order valence-corrected chi connectivity index (χ1v) is 10.5. The lowest BCUT2D eigenvalue weighted by atomic mass is 10.0. The van der Waals surface area contributed by atoms with Gasteiger partial charge in [0.15, 0.2) is 11.5 Å². The highest BCUT2D eigenvalue weighted by atomic mass is 32.1. The fraction of sp³-hybridized carbons (Fsp3) is 0.304. The van der Waals surface area contributed by atoms with Gasteiger partial charge in [-0.3, -0.25) is 4.79 Å². The van der Waals surface area contributed by atoms with E-state index in [1.54, 1.807) is 14.2 Å². The predicted molar refractivity (Wildman–Crippen MR) is 117 cm³/mol. The molecule has 0 saturated heterocycles. The van der Waals surface area contributed by atoms with Crippen LogP contribution in [0.15, 0.2) is 47.8 Å². The van der Waals surface area contributed by atoms with Crippen molar-refractivity contribution in [3.63, 3.8) is 0 Å². The molecule has 0 spiro atoms. The number of carbonyl (C=O) groups is 1. The van der Waals surface area contributed by atoms with Gasteiger partial charge in [-0.05, 0) is 42.7 Å². The molecule has 1 amide bonds. The third-order valence-corrected chi connectivity index (χ3v) is 5.73. The number of ether oxygens (including phenoxy) is 2. The second kappa shape index (κ2) is 9.56. The number of aryl methyl sites for hydroxylation is 1. The van der Waals surface area contributed by atoms with E-state index < -0.39 is 0 Å². The fourth-order valence-corrected chi connectivity index (χ4v) is 3.89. The van der Waals surface area contributed by atoms with Crippen LogP contribution in [0.3, 0.4) is 0 Å². The van der Waals surface area contributed by atoms with Crippen molar-refractivity contribution in [3.05, 3.63) is 64.7 Å². The average molecular weight is 411 g/mol. The van der Waals surface area contributed by atoms with Gasteiger partial charge in [0.1, 0.15) is 5.01 Å². The maximum atomic E-state index is 12.5. The highest BCUT2D eigenvalue weighted by Crippen LogP contribution is 2.33. The van der Waals surface area contributed by atoms with E-state index in [0.717, 1.165) is 28.2 Å². The molecule has 0 aliphatic rings. The molecule has 0 aliphatic carbocycles. The minimum absolute atomic E-state index is 0.0405. The SMILES string of the molecule is CCc1ccc(C(C)NC(=O)Cc2csc(-c3ccc(OC)c(OC)c3)n2)cc1. The van der Waals surface area contributed by atoms with Crippen LogP contribution in [0.4, 0.5) is 0 Å². The van der Waals surface area contributed by atoms with Crippen LogP contribution in [0.2, 0.25) is 0 Å². The monoisotopic (exact) mass is 410 g/mol. The molecule has 1 heterocycles. The number of nitrogens with zero attached hydrogens (tertiary/aromatic N) is 1. The molecule has 0 saturated carbocycles. The van der Waals surface area contributed by atoms with Crippen LogP contribution in [0.25, 0.3) is 10.6 Å². The molecule has 5 nitrogen and oxygen atoms in total. The van der Waals surface area contributed by atoms with Crippen molar-refractivity contribution in [2.24, 2.45) is 0 Å². The Morgan fingerprint density at radius 3 is 2.48 bits per heavy atom. The summed E-state index contributed by atoms with van der Waals surface area (Å²) in [6, 6.07) is 14.0. The molecule has 1 N–H and O–H groups in total. The summed E-state index contributed by atoms with van der Waals surface area (Å²) < 4.78 is 10.6. The summed E-state index contributed by atoms with van der Waals surface area (Å²) in [5, 5.41) is 5.82. The van der Waals surface area contributed by atoms with Crippen LogP contribution in [-0.4, -0.2) is 25.1 Å². The maximum Gasteiger partial charge on any atom is 0.226 e. The Morgan fingerprint density at radius 1 is 1.10 bits per heavy atom. The number of aromatic nitrogens is 1. The van der Waals surface area contributed by atoms with Crippen LogP contribution >= 0.6 is 11.3 Å². The summed E-state index contributed by atoms with van der Waals surface area (Å²) in [5.41, 5.74) is 4.08. The Hall–Kier alpha value is -2.86. The maximum absolute atomic E-state index is 12.5. The molecule has 1 unspecified atom stereocenters. The number of benzene rings is 2. The quantitative estimate of drug-likeness (QED) is 0.579. The summed E-state index contributed by atoms with van der Waals surface area (Å²) in [6.07, 6.45) is 1.26. The van der Waals surface area contributed by atoms with Gasteiger partial charge in [0.05, 0.1) is 32.4 Å². The molecule has 6 heteroatoms. The van der Waals surface area contributed by atoms with Crippen LogP contribution < -0.4 is 14.8 Å². The predicted octanol–water partition coefficient (Wildman–Crippen LogP) is 4.81. The van der Waals surface area contributed by atoms with Crippen LogP contribution in [-0.2, 0) is 17.6 Å². The normalized spacial score (nSPS) is 11.7. The number of amides is 1. The zero-order valence-electron chi connectivity index (χ0n) is 17.2. The van der Waals surface area contributed by atoms with Crippen LogP contribution in [0.5, 0.6) is 11.5 Å². The number of nitrogens with one attached hydrogen (secondary N) is 1. The minimum atomic E-state index is -0.0441. The van der Waals surface area contributed by atoms with E-state index in [-0.39, 0.29) is 18.4 Å². The first-order valence-electron chi connectivity index (χ1n) is 9.59. The smallest absolute Gasteiger partial charge is 0.226 e. The van der Waals surface area contributed by atoms with Gasteiger partial charge < -0.3 is 14.8 Å². The number of thiazole rings is 1. The van der Waals surface area contributed by atoms with Crippen LogP contribution in [0, 0.1) is 0 Å². The largest absolute Gasteiger partial charge is 0.493 e. The lowest BCUT2D eigenvalue weighted by molar-refractivity contribution is -0.121. The van der Waals surface area contributed by atoms with Gasteiger partial charge in [-0.25, -0.2) is 4.98 Å². The second-order valence-electron chi connectivity index (χ2n) is 6.77. The molecule has 0 fully saturated rings. The highest BCUT2D eigenvalue weighted by molar-refractivity contribution is 7.13. The molecule has 1 atom stereocenters. The van der Waals surface area contributed by atoms with E-state index in [1.807, 2.05) is 30.5 Å². The third kappa shape index (κ3) is 5.15. The molecular weight excluding hydrogens is 384 g/mol. The third-order valence-electron chi connectivity index (χ3n) is 4.79. The molecule has 0 radical (unpaired) electrons. The van der Waals surface area contributed by atoms with Crippen LogP contribution in [0.1, 0.15) is 36.7 Å². The summed E-state index contributed by atoms with van der Waals surface area (Å²) in [5.74, 6) is 1.29. The van der Waals surface area contributed by atoms with Crippen molar-refractivity contribution in [2.45, 2.75) is 32.7 Å². The summed E-state index contributed by atoms with van der Waals surface area (Å²) in [6.45, 7) is 4.12. The molecular formula is C23H26N2O3S. The molecule has 3 aromatic rings. The number of methoxy groups -OCH3 is 2. The van der Waals surface area contributed by atoms with Crippen molar-refractivity contribution in [1.82, 2.24) is 10.3 Å². The van der Waals surface area contributed by atoms with E-state index in [4.69, 9.17) is 9.47 Å². The van der Waals surface area contributed by atoms with Gasteiger partial charge in [-0.1, -0.05) is 31.2 Å². The zero-order valence-corrected chi connectivity index (χ0v) is 18.0. The molecule has 2 aromatic carbocycles. The van der Waals surface area contributed by atoms with Crippen molar-refractivity contribution >= 4 is 17.2 Å². The Kier molecular flexibility index (Phi) is 6.88. The van der Waals surface area contributed by atoms with Gasteiger partial charge >= 0.3 is 0 Å². The summed E-state index contributed by atoms with van der Waals surface area (Å²) in [7, 11) is 3.22.